The van der Waals surface area contributed by atoms with Crippen molar-refractivity contribution in [2.24, 2.45) is 76.9 Å². The molecule has 97 heavy (non-hydrogen) atoms. The molecule has 10 rings (SSSR count). The van der Waals surface area contributed by atoms with Crippen molar-refractivity contribution in [3.63, 3.8) is 0 Å². The fraction of sp³-hybridized carbons (Fsp3) is 0.675. The van der Waals surface area contributed by atoms with Gasteiger partial charge in [0.2, 0.25) is 0 Å². The van der Waals surface area contributed by atoms with E-state index in [0.717, 1.165) is 140 Å². The Morgan fingerprint density at radius 1 is 0.495 bits per heavy atom. The van der Waals surface area contributed by atoms with E-state index >= 15 is 0 Å². The number of hydrogen-bond donors (Lipinski definition) is 2. The van der Waals surface area contributed by atoms with Crippen molar-refractivity contribution >= 4 is 23.6 Å². The number of unbranched alkanes of at least 4 members (excludes halogenated alkanes) is 6. The quantitative estimate of drug-likeness (QED) is 0.0159. The molecule has 3 fully saturated rings. The number of aliphatic hydroxyl groups excluding tert-OH is 2. The van der Waals surface area contributed by atoms with Crippen molar-refractivity contribution in [3.05, 3.63) is 128 Å². The molecule has 0 aromatic heterocycles. The van der Waals surface area contributed by atoms with Crippen molar-refractivity contribution in [1.29, 1.82) is 0 Å². The fourth-order valence-electron chi connectivity index (χ4n) is 17.8. The maximum atomic E-state index is 11.5. The molecule has 3 saturated carbocycles. The topological polar surface area (TPSA) is 190 Å². The molecule has 0 radical (unpaired) electrons. The van der Waals surface area contributed by atoms with E-state index < -0.39 is 4.92 Å². The maximum Gasteiger partial charge on any atom is 0.343 e. The molecule has 14 nitrogen and oxygen atoms in total. The number of rotatable bonds is 31. The first kappa shape index (κ1) is 78.3. The molecule has 4 aromatic rings. The van der Waals surface area contributed by atoms with E-state index in [1.165, 1.54) is 182 Å². The Labute approximate surface area is 583 Å². The Balaban J connectivity index is 0.000000191. The van der Waals surface area contributed by atoms with Crippen LogP contribution in [0.5, 0.6) is 17.2 Å². The van der Waals surface area contributed by atoms with Crippen LogP contribution in [-0.4, -0.2) is 86.4 Å². The molecule has 6 aliphatic rings. The third-order valence-electron chi connectivity index (χ3n) is 23.3. The summed E-state index contributed by atoms with van der Waals surface area (Å²) in [7, 11) is 4.17. The molecule has 0 saturated heterocycles. The number of aliphatic hydroxyl groups is 2. The summed E-state index contributed by atoms with van der Waals surface area (Å²) in [5, 5.41) is 31.1. The summed E-state index contributed by atoms with van der Waals surface area (Å²) in [6.45, 7) is 18.4. The highest BCUT2D eigenvalue weighted by Crippen LogP contribution is 2.54. The fourth-order valence-corrected chi connectivity index (χ4v) is 17.8. The van der Waals surface area contributed by atoms with E-state index in [-0.39, 0.29) is 61.5 Å². The number of fused-ring (bicyclic) bond motifs is 6. The lowest BCUT2D eigenvalue weighted by Gasteiger charge is -2.33. The molecule has 4 aromatic carbocycles. The number of nitrogens with zero attached hydrogens (tertiary/aromatic N) is 1. The van der Waals surface area contributed by atoms with Crippen LogP contribution in [-0.2, 0) is 67.1 Å². The third-order valence-corrected chi connectivity index (χ3v) is 23.3. The molecule has 2 N–H and O–H groups in total. The van der Waals surface area contributed by atoms with Crippen LogP contribution in [0, 0.1) is 94.0 Å². The van der Waals surface area contributed by atoms with Crippen LogP contribution in [0.3, 0.4) is 0 Å². The third kappa shape index (κ3) is 23.3. The first-order chi connectivity index (χ1) is 46.8. The van der Waals surface area contributed by atoms with Crippen LogP contribution in [0.15, 0.2) is 78.9 Å². The highest BCUT2D eigenvalue weighted by atomic mass is 16.6. The van der Waals surface area contributed by atoms with Crippen LogP contribution in [0.25, 0.3) is 0 Å². The van der Waals surface area contributed by atoms with Gasteiger partial charge in [-0.1, -0.05) is 186 Å². The minimum absolute atomic E-state index is 0.00397. The number of non-ortho nitro benzene ring substituents is 1. The average Bonchev–Trinajstić information content (AvgIpc) is 1.75. The van der Waals surface area contributed by atoms with E-state index in [0.29, 0.717) is 11.8 Å². The van der Waals surface area contributed by atoms with Gasteiger partial charge in [0.25, 0.3) is 5.69 Å². The minimum Gasteiger partial charge on any atom is -0.482 e. The predicted octanol–water partition coefficient (Wildman–Crippen LogP) is 18.0. The largest absolute Gasteiger partial charge is 0.482 e. The van der Waals surface area contributed by atoms with Gasteiger partial charge >= 0.3 is 17.9 Å². The second kappa shape index (κ2) is 40.3. The van der Waals surface area contributed by atoms with E-state index in [1.54, 1.807) is 12.1 Å². The van der Waals surface area contributed by atoms with Crippen LogP contribution >= 0.6 is 0 Å². The summed E-state index contributed by atoms with van der Waals surface area (Å²) in [6, 6.07) is 25.2. The highest BCUT2D eigenvalue weighted by Gasteiger charge is 2.47. The molecule has 0 heterocycles. The van der Waals surface area contributed by atoms with Crippen molar-refractivity contribution in [2.75, 3.05) is 41.2 Å². The van der Waals surface area contributed by atoms with Crippen LogP contribution in [0.1, 0.15) is 222 Å². The Kier molecular flexibility index (Phi) is 32.6. The number of ether oxygens (including phenoxy) is 6. The summed E-state index contributed by atoms with van der Waals surface area (Å²) in [6.07, 6.45) is 31.8. The van der Waals surface area contributed by atoms with Gasteiger partial charge in [0, 0.05) is 12.1 Å². The SMILES string of the molecule is CCCCCC(C)CCC1C(C)CC2Cc3c(cccc3OCC(=O)OC)CC21.CCCCCC(C)CCC1C(C)CC2Cc3c(cccc3OCC(=O)OC)CC21.CCCCCC(O)CCC1C(O)CC2Cc3c(cccc3OCC(=O)OC)CC21.Cc1ccc([N+](=O)[O-])cc1. The Morgan fingerprint density at radius 2 is 0.856 bits per heavy atom. The van der Waals surface area contributed by atoms with Crippen molar-refractivity contribution in [1.82, 2.24) is 0 Å². The van der Waals surface area contributed by atoms with E-state index in [1.807, 2.05) is 31.2 Å². The predicted molar refractivity (Wildman–Crippen MR) is 386 cm³/mol. The summed E-state index contributed by atoms with van der Waals surface area (Å²) >= 11 is 0. The Bertz CT molecular complexity index is 2760. The molecule has 0 spiro atoms. The summed E-state index contributed by atoms with van der Waals surface area (Å²) < 4.78 is 31.5. The highest BCUT2D eigenvalue weighted by molar-refractivity contribution is 5.72. The van der Waals surface area contributed by atoms with Gasteiger partial charge in [0.05, 0.1) is 38.5 Å². The zero-order chi connectivity index (χ0) is 70.0. The number of aryl methyl sites for hydroxylation is 1. The number of esters is 3. The van der Waals surface area contributed by atoms with Crippen molar-refractivity contribution in [2.45, 2.75) is 241 Å². The molecule has 0 aliphatic heterocycles. The molecular formula is C83H123NO13. The van der Waals surface area contributed by atoms with Crippen molar-refractivity contribution in [3.8, 4) is 17.2 Å². The van der Waals surface area contributed by atoms with Crippen LogP contribution in [0.2, 0.25) is 0 Å². The van der Waals surface area contributed by atoms with Gasteiger partial charge in [-0.05, 0) is 225 Å². The van der Waals surface area contributed by atoms with Gasteiger partial charge in [-0.2, -0.15) is 0 Å². The van der Waals surface area contributed by atoms with E-state index in [9.17, 15) is 34.7 Å². The summed E-state index contributed by atoms with van der Waals surface area (Å²) in [5.41, 5.74) is 9.14. The molecule has 6 aliphatic carbocycles. The molecule has 15 unspecified atom stereocenters. The maximum absolute atomic E-state index is 11.5. The van der Waals surface area contributed by atoms with Gasteiger partial charge < -0.3 is 38.6 Å². The van der Waals surface area contributed by atoms with Gasteiger partial charge in [-0.3, -0.25) is 10.1 Å². The zero-order valence-electron chi connectivity index (χ0n) is 61.2. The average molecular weight is 1340 g/mol. The number of carbonyl (C=O) groups excluding carboxylic acids is 3. The molecular weight excluding hydrogens is 1220 g/mol. The Morgan fingerprint density at radius 3 is 1.23 bits per heavy atom. The summed E-state index contributed by atoms with van der Waals surface area (Å²) in [4.78, 5) is 44.1. The standard InChI is InChI=1S/2C26H40O3.C24H36O5.C7H7NO2/c2*1-5-6-7-9-18(2)12-13-22-19(3)14-21-16-24-20(15-23(21)22)10-8-11-25(24)29-17-26(27)28-4;1-3-4-5-8-18(25)10-11-19-20-12-16-7-6-9-23(29-15-24(27)28-2)21(16)13-17(20)14-22(19)26;1-6-2-4-7(5-3-6)8(9)10/h2*8,10-11,18-19,21-23H,5-7,9,12-17H2,1-4H3;6-7,9,17-20,22,25-26H,3-5,8,10-15H2,1-2H3;2-5H,1H3. The van der Waals surface area contributed by atoms with E-state index in [4.69, 9.17) is 23.7 Å². The first-order valence-corrected chi connectivity index (χ1v) is 37.8. The minimum atomic E-state index is -0.403. The number of benzene rings is 4. The number of carbonyl (C=O) groups is 3. The molecule has 538 valence electrons. The van der Waals surface area contributed by atoms with Gasteiger partial charge in [-0.15, -0.1) is 0 Å². The Hall–Kier alpha value is -5.99. The number of hydrogen-bond acceptors (Lipinski definition) is 13. The first-order valence-electron chi connectivity index (χ1n) is 37.8. The normalized spacial score (nSPS) is 24.7. The zero-order valence-corrected chi connectivity index (χ0v) is 61.2. The number of methoxy groups -OCH3 is 3. The second-order valence-corrected chi connectivity index (χ2v) is 30.2. The lowest BCUT2D eigenvalue weighted by atomic mass is 9.73. The lowest BCUT2D eigenvalue weighted by Crippen LogP contribution is -2.28. The van der Waals surface area contributed by atoms with Gasteiger partial charge in [-0.25, -0.2) is 14.4 Å². The molecule has 14 heteroatoms. The summed E-state index contributed by atoms with van der Waals surface area (Å²) in [5.74, 6) is 10.9. The van der Waals surface area contributed by atoms with E-state index in [2.05, 4.69) is 83.5 Å². The van der Waals surface area contributed by atoms with Crippen LogP contribution in [0.4, 0.5) is 5.69 Å². The number of nitro groups is 1. The molecule has 15 atom stereocenters. The molecule has 0 bridgehead atoms. The lowest BCUT2D eigenvalue weighted by molar-refractivity contribution is -0.384. The van der Waals surface area contributed by atoms with Crippen molar-refractivity contribution < 1.29 is 57.9 Å². The smallest absolute Gasteiger partial charge is 0.343 e. The molecule has 0 amide bonds. The van der Waals surface area contributed by atoms with Gasteiger partial charge in [0.15, 0.2) is 19.8 Å². The van der Waals surface area contributed by atoms with Gasteiger partial charge in [0.1, 0.15) is 17.2 Å². The monoisotopic (exact) mass is 1340 g/mol. The number of nitro benzene ring substituents is 1. The van der Waals surface area contributed by atoms with Crippen LogP contribution < -0.4 is 14.2 Å². The second-order valence-electron chi connectivity index (χ2n) is 30.2.